The van der Waals surface area contributed by atoms with E-state index in [1.54, 1.807) is 0 Å². The molecule has 0 aliphatic rings. The van der Waals surface area contributed by atoms with Crippen LogP contribution in [-0.2, 0) is 0 Å². The first-order valence-corrected chi connectivity index (χ1v) is 19.1. The summed E-state index contributed by atoms with van der Waals surface area (Å²) in [6, 6.07) is 65.5. The van der Waals surface area contributed by atoms with Gasteiger partial charge in [0.05, 0.1) is 22.1 Å². The van der Waals surface area contributed by atoms with E-state index < -0.39 is 0 Å². The average molecular weight is 730 g/mol. The molecule has 8 aromatic carbocycles. The summed E-state index contributed by atoms with van der Waals surface area (Å²) in [4.78, 5) is 15.0. The average Bonchev–Trinajstić information content (AvgIpc) is 3.94. The van der Waals surface area contributed by atoms with Gasteiger partial charge in [-0.05, 0) is 48.5 Å². The molecule has 0 spiro atoms. The number of aromatic nitrogens is 5. The number of fused-ring (bicyclic) bond motifs is 10. The van der Waals surface area contributed by atoms with Crippen molar-refractivity contribution in [1.82, 2.24) is 24.1 Å². The van der Waals surface area contributed by atoms with Crippen LogP contribution in [0.25, 0.3) is 111 Å². The van der Waals surface area contributed by atoms with Crippen LogP contribution in [0.4, 0.5) is 0 Å². The van der Waals surface area contributed by atoms with Crippen molar-refractivity contribution < 1.29 is 4.42 Å². The minimum Gasteiger partial charge on any atom is -0.454 e. The lowest BCUT2D eigenvalue weighted by atomic mass is 10.1. The van der Waals surface area contributed by atoms with Crippen molar-refractivity contribution in [2.75, 3.05) is 0 Å². The van der Waals surface area contributed by atoms with E-state index in [4.69, 9.17) is 19.4 Å². The van der Waals surface area contributed by atoms with E-state index in [1.165, 1.54) is 21.8 Å². The third kappa shape index (κ3) is 4.87. The van der Waals surface area contributed by atoms with Crippen LogP contribution in [0.15, 0.2) is 192 Å². The summed E-state index contributed by atoms with van der Waals surface area (Å²) in [6.45, 7) is 0. The van der Waals surface area contributed by atoms with Crippen LogP contribution in [-0.4, -0.2) is 24.1 Å². The Morgan fingerprint density at radius 1 is 0.333 bits per heavy atom. The first-order chi connectivity index (χ1) is 28.3. The Hall–Kier alpha value is -7.83. The molecule has 0 saturated carbocycles. The standard InChI is InChI=1S/C51H31N5O/c1-3-14-32(15-4-1)49-52-50(33-16-5-2-6-17-33)54-51(53-49)34-18-13-19-35(30-34)56-45-25-12-9-22-39(45)41-28-29-42-40-27-26-36(31-46(40)57-48(42)47(41)56)55-43-23-10-7-20-37(43)38-21-8-11-24-44(38)55/h1-31H. The van der Waals surface area contributed by atoms with Crippen LogP contribution in [0.2, 0.25) is 0 Å². The van der Waals surface area contributed by atoms with Gasteiger partial charge in [-0.3, -0.25) is 0 Å². The molecular formula is C51H31N5O. The van der Waals surface area contributed by atoms with E-state index in [2.05, 4.69) is 137 Å². The van der Waals surface area contributed by atoms with Gasteiger partial charge >= 0.3 is 0 Å². The summed E-state index contributed by atoms with van der Waals surface area (Å²) in [5.41, 5.74) is 10.9. The van der Waals surface area contributed by atoms with Crippen molar-refractivity contribution in [2.24, 2.45) is 0 Å². The van der Waals surface area contributed by atoms with Crippen molar-refractivity contribution >= 4 is 65.6 Å². The van der Waals surface area contributed by atoms with Gasteiger partial charge in [-0.1, -0.05) is 133 Å². The zero-order chi connectivity index (χ0) is 37.5. The highest BCUT2D eigenvalue weighted by Crippen LogP contribution is 2.42. The predicted octanol–water partition coefficient (Wildman–Crippen LogP) is 13.0. The zero-order valence-corrected chi connectivity index (χ0v) is 30.5. The van der Waals surface area contributed by atoms with Crippen molar-refractivity contribution in [2.45, 2.75) is 0 Å². The molecule has 0 unspecified atom stereocenters. The highest BCUT2D eigenvalue weighted by atomic mass is 16.3. The number of hydrogen-bond acceptors (Lipinski definition) is 4. The monoisotopic (exact) mass is 729 g/mol. The SMILES string of the molecule is c1ccc(-c2nc(-c3ccccc3)nc(-c3cccc(-n4c5ccccc5c5ccc6c7ccc(-n8c9ccccc9c9ccccc98)cc7oc6c54)c3)n2)cc1. The van der Waals surface area contributed by atoms with Gasteiger partial charge < -0.3 is 13.6 Å². The quantitative estimate of drug-likeness (QED) is 0.177. The Kier molecular flexibility index (Phi) is 6.83. The van der Waals surface area contributed by atoms with Gasteiger partial charge in [-0.2, -0.15) is 0 Å². The number of nitrogens with zero attached hydrogens (tertiary/aromatic N) is 5. The van der Waals surface area contributed by atoms with E-state index >= 15 is 0 Å². The summed E-state index contributed by atoms with van der Waals surface area (Å²) < 4.78 is 11.7. The Balaban J connectivity index is 1.07. The highest BCUT2D eigenvalue weighted by Gasteiger charge is 2.21. The molecule has 0 aliphatic carbocycles. The molecule has 57 heavy (non-hydrogen) atoms. The van der Waals surface area contributed by atoms with Crippen LogP contribution < -0.4 is 0 Å². The fourth-order valence-corrected chi connectivity index (χ4v) is 8.60. The van der Waals surface area contributed by atoms with Crippen molar-refractivity contribution in [1.29, 1.82) is 0 Å². The third-order valence-electron chi connectivity index (χ3n) is 11.2. The highest BCUT2D eigenvalue weighted by molar-refractivity contribution is 6.21. The maximum atomic E-state index is 7.00. The first kappa shape index (κ1) is 31.5. The zero-order valence-electron chi connectivity index (χ0n) is 30.5. The molecule has 0 atom stereocenters. The summed E-state index contributed by atoms with van der Waals surface area (Å²) in [5, 5.41) is 6.90. The molecule has 0 N–H and O–H groups in total. The fourth-order valence-electron chi connectivity index (χ4n) is 8.60. The molecule has 0 amide bonds. The summed E-state index contributed by atoms with van der Waals surface area (Å²) in [5.74, 6) is 1.87. The molecule has 12 aromatic rings. The molecule has 266 valence electrons. The molecule has 0 aliphatic heterocycles. The lowest BCUT2D eigenvalue weighted by Crippen LogP contribution is -2.01. The topological polar surface area (TPSA) is 61.7 Å². The molecule has 0 radical (unpaired) electrons. The molecule has 4 heterocycles. The van der Waals surface area contributed by atoms with E-state index in [0.717, 1.165) is 71.8 Å². The molecule has 0 saturated heterocycles. The van der Waals surface area contributed by atoms with Gasteiger partial charge in [0.25, 0.3) is 0 Å². The van der Waals surface area contributed by atoms with Gasteiger partial charge in [0.15, 0.2) is 23.1 Å². The van der Waals surface area contributed by atoms with Gasteiger partial charge in [0.2, 0.25) is 0 Å². The molecule has 0 bridgehead atoms. The van der Waals surface area contributed by atoms with Crippen LogP contribution in [0.1, 0.15) is 0 Å². The predicted molar refractivity (Wildman–Crippen MR) is 232 cm³/mol. The van der Waals surface area contributed by atoms with Crippen LogP contribution >= 0.6 is 0 Å². The van der Waals surface area contributed by atoms with E-state index in [-0.39, 0.29) is 0 Å². The van der Waals surface area contributed by atoms with Crippen LogP contribution in [0.5, 0.6) is 0 Å². The molecular weight excluding hydrogens is 699 g/mol. The largest absolute Gasteiger partial charge is 0.454 e. The third-order valence-corrected chi connectivity index (χ3v) is 11.2. The van der Waals surface area contributed by atoms with Crippen LogP contribution in [0, 0.1) is 0 Å². The van der Waals surface area contributed by atoms with Crippen molar-refractivity contribution in [3.63, 3.8) is 0 Å². The minimum absolute atomic E-state index is 0.608. The van der Waals surface area contributed by atoms with Crippen molar-refractivity contribution in [3.05, 3.63) is 188 Å². The second-order valence-electron chi connectivity index (χ2n) is 14.4. The number of benzene rings is 8. The molecule has 12 rings (SSSR count). The molecule has 4 aromatic heterocycles. The number of hydrogen-bond donors (Lipinski definition) is 0. The summed E-state index contributed by atoms with van der Waals surface area (Å²) in [6.07, 6.45) is 0. The Morgan fingerprint density at radius 3 is 1.44 bits per heavy atom. The van der Waals surface area contributed by atoms with Crippen molar-refractivity contribution in [3.8, 4) is 45.5 Å². The van der Waals surface area contributed by atoms with E-state index in [1.807, 2.05) is 60.7 Å². The Labute approximate surface area is 326 Å². The normalized spacial score (nSPS) is 11.9. The summed E-state index contributed by atoms with van der Waals surface area (Å²) >= 11 is 0. The second kappa shape index (κ2) is 12.3. The number of rotatable bonds is 5. The number of para-hydroxylation sites is 3. The Bertz CT molecular complexity index is 3410. The van der Waals surface area contributed by atoms with E-state index in [9.17, 15) is 0 Å². The van der Waals surface area contributed by atoms with Gasteiger partial charge in [0.1, 0.15) is 5.58 Å². The maximum Gasteiger partial charge on any atom is 0.164 e. The molecule has 6 heteroatoms. The molecule has 0 fully saturated rings. The summed E-state index contributed by atoms with van der Waals surface area (Å²) in [7, 11) is 0. The first-order valence-electron chi connectivity index (χ1n) is 19.1. The molecule has 6 nitrogen and oxygen atoms in total. The van der Waals surface area contributed by atoms with Gasteiger partial charge in [-0.25, -0.2) is 15.0 Å². The lowest BCUT2D eigenvalue weighted by molar-refractivity contribution is 0.671. The fraction of sp³-hybridized carbons (Fsp3) is 0. The maximum absolute atomic E-state index is 7.00. The van der Waals surface area contributed by atoms with Crippen LogP contribution in [0.3, 0.4) is 0 Å². The minimum atomic E-state index is 0.608. The second-order valence-corrected chi connectivity index (χ2v) is 14.4. The smallest absolute Gasteiger partial charge is 0.164 e. The van der Waals surface area contributed by atoms with Gasteiger partial charge in [-0.15, -0.1) is 0 Å². The van der Waals surface area contributed by atoms with E-state index in [0.29, 0.717) is 17.5 Å². The lowest BCUT2D eigenvalue weighted by Gasteiger charge is -2.11. The Morgan fingerprint density at radius 2 is 0.807 bits per heavy atom. The van der Waals surface area contributed by atoms with Gasteiger partial charge in [0, 0.05) is 66.4 Å². The number of furan rings is 1.